The van der Waals surface area contributed by atoms with Gasteiger partial charge in [-0.25, -0.2) is 4.68 Å². The molecule has 1 fully saturated rings. The molecule has 0 aliphatic carbocycles. The van der Waals surface area contributed by atoms with Crippen LogP contribution in [0.25, 0.3) is 5.69 Å². The number of hydrogen-bond acceptors (Lipinski definition) is 3. The maximum atomic E-state index is 4.72. The summed E-state index contributed by atoms with van der Waals surface area (Å²) in [5, 5.41) is 11.7. The molecule has 2 aromatic rings. The molecule has 1 aliphatic rings. The van der Waals surface area contributed by atoms with Gasteiger partial charge in [-0.1, -0.05) is 18.2 Å². The van der Waals surface area contributed by atoms with Crippen molar-refractivity contribution in [2.75, 3.05) is 19.3 Å². The summed E-state index contributed by atoms with van der Waals surface area (Å²) in [7, 11) is 1.83. The number of rotatable bonds is 5. The van der Waals surface area contributed by atoms with Crippen LogP contribution in [0.1, 0.15) is 36.7 Å². The third kappa shape index (κ3) is 5.40. The summed E-state index contributed by atoms with van der Waals surface area (Å²) in [6.45, 7) is 8.18. The van der Waals surface area contributed by atoms with Crippen LogP contribution < -0.4 is 10.6 Å². The first-order chi connectivity index (χ1) is 12.5. The number of benzene rings is 1. The number of guanidine groups is 1. The maximum absolute atomic E-state index is 4.72. The molecule has 1 aromatic heterocycles. The highest BCUT2D eigenvalue weighted by atomic mass is 127. The predicted octanol–water partition coefficient (Wildman–Crippen LogP) is 4.06. The molecule has 0 bridgehead atoms. The molecule has 2 heterocycles. The van der Waals surface area contributed by atoms with Gasteiger partial charge >= 0.3 is 0 Å². The van der Waals surface area contributed by atoms with E-state index in [-0.39, 0.29) is 24.0 Å². The molecule has 27 heavy (non-hydrogen) atoms. The van der Waals surface area contributed by atoms with E-state index in [4.69, 9.17) is 5.10 Å². The van der Waals surface area contributed by atoms with Crippen molar-refractivity contribution < 1.29 is 0 Å². The second-order valence-electron chi connectivity index (χ2n) is 7.08. The Balaban J connectivity index is 0.00000261. The molecule has 0 amide bonds. The molecule has 1 atom stereocenters. The smallest absolute Gasteiger partial charge is 0.191 e. The van der Waals surface area contributed by atoms with Gasteiger partial charge in [0.05, 0.1) is 11.4 Å². The second-order valence-corrected chi connectivity index (χ2v) is 8.76. The van der Waals surface area contributed by atoms with Gasteiger partial charge in [-0.3, -0.25) is 4.99 Å². The van der Waals surface area contributed by atoms with Gasteiger partial charge in [0, 0.05) is 36.1 Å². The fourth-order valence-electron chi connectivity index (χ4n) is 3.39. The lowest BCUT2D eigenvalue weighted by Crippen LogP contribution is -2.43. The normalized spacial score (nSPS) is 19.6. The number of halogens is 1. The molecule has 0 radical (unpaired) electrons. The summed E-state index contributed by atoms with van der Waals surface area (Å²) >= 11 is 2.06. The first-order valence-electron chi connectivity index (χ1n) is 9.21. The van der Waals surface area contributed by atoms with E-state index in [0.717, 1.165) is 29.6 Å². The summed E-state index contributed by atoms with van der Waals surface area (Å²) in [6, 6.07) is 10.3. The Morgan fingerprint density at radius 1 is 1.26 bits per heavy atom. The minimum absolute atomic E-state index is 0. The Morgan fingerprint density at radius 3 is 2.63 bits per heavy atom. The number of aliphatic imine (C=N–C) groups is 1. The summed E-state index contributed by atoms with van der Waals surface area (Å²) in [5.41, 5.74) is 4.52. The lowest BCUT2D eigenvalue weighted by molar-refractivity contribution is 0.584. The van der Waals surface area contributed by atoms with Gasteiger partial charge in [0.1, 0.15) is 0 Å². The molecule has 2 N–H and O–H groups in total. The second kappa shape index (κ2) is 9.82. The molecule has 1 unspecified atom stereocenters. The van der Waals surface area contributed by atoms with Crippen LogP contribution in [0.15, 0.2) is 35.3 Å². The van der Waals surface area contributed by atoms with Crippen LogP contribution in [0.2, 0.25) is 0 Å². The Bertz CT molecular complexity index is 766. The summed E-state index contributed by atoms with van der Waals surface area (Å²) in [6.07, 6.45) is 2.58. The van der Waals surface area contributed by atoms with E-state index in [1.54, 1.807) is 0 Å². The van der Waals surface area contributed by atoms with Gasteiger partial charge < -0.3 is 10.6 Å². The van der Waals surface area contributed by atoms with Gasteiger partial charge in [-0.05, 0) is 51.5 Å². The third-order valence-corrected chi connectivity index (χ3v) is 6.57. The number of hydrogen-bond donors (Lipinski definition) is 2. The number of nitrogens with one attached hydrogen (secondary N) is 2. The Hall–Kier alpha value is -1.22. The lowest BCUT2D eigenvalue weighted by Gasteiger charge is -2.24. The number of nitrogens with zero attached hydrogens (tertiary/aromatic N) is 3. The van der Waals surface area contributed by atoms with Gasteiger partial charge in [0.15, 0.2) is 5.96 Å². The number of aromatic nitrogens is 2. The van der Waals surface area contributed by atoms with E-state index >= 15 is 0 Å². The highest BCUT2D eigenvalue weighted by Crippen LogP contribution is 2.36. The molecule has 1 aliphatic heterocycles. The highest BCUT2D eigenvalue weighted by molar-refractivity contribution is 14.0. The van der Waals surface area contributed by atoms with Crippen LogP contribution in [-0.4, -0.2) is 39.8 Å². The van der Waals surface area contributed by atoms with Gasteiger partial charge in [-0.2, -0.15) is 16.9 Å². The Kier molecular flexibility index (Phi) is 8.03. The van der Waals surface area contributed by atoms with Crippen molar-refractivity contribution in [1.29, 1.82) is 0 Å². The van der Waals surface area contributed by atoms with Crippen molar-refractivity contribution in [1.82, 2.24) is 20.4 Å². The van der Waals surface area contributed by atoms with E-state index in [9.17, 15) is 0 Å². The van der Waals surface area contributed by atoms with Crippen LogP contribution in [-0.2, 0) is 6.54 Å². The minimum atomic E-state index is 0. The predicted molar refractivity (Wildman–Crippen MR) is 127 cm³/mol. The molecule has 1 aromatic carbocycles. The highest BCUT2D eigenvalue weighted by Gasteiger charge is 2.29. The van der Waals surface area contributed by atoms with Gasteiger partial charge in [0.25, 0.3) is 0 Å². The molecule has 0 saturated carbocycles. The summed E-state index contributed by atoms with van der Waals surface area (Å²) in [4.78, 5) is 4.38. The number of thioether (sulfide) groups is 1. The van der Waals surface area contributed by atoms with Gasteiger partial charge in [-0.15, -0.1) is 24.0 Å². The average Bonchev–Trinajstić information content (AvgIpc) is 3.20. The van der Waals surface area contributed by atoms with E-state index < -0.39 is 0 Å². The Labute approximate surface area is 183 Å². The SMILES string of the molecule is CN=C(NCc1c(C)nn(-c2ccccc2)c1C)NCC1(C)CCCS1.I. The van der Waals surface area contributed by atoms with E-state index in [2.05, 4.69) is 60.3 Å². The molecule has 148 valence electrons. The van der Waals surface area contributed by atoms with Crippen LogP contribution in [0.4, 0.5) is 0 Å². The van der Waals surface area contributed by atoms with Crippen molar-refractivity contribution in [3.63, 3.8) is 0 Å². The average molecular weight is 499 g/mol. The monoisotopic (exact) mass is 499 g/mol. The largest absolute Gasteiger partial charge is 0.355 e. The zero-order valence-corrected chi connectivity index (χ0v) is 19.7. The number of aryl methyl sites for hydroxylation is 1. The topological polar surface area (TPSA) is 54.2 Å². The maximum Gasteiger partial charge on any atom is 0.191 e. The number of para-hydroxylation sites is 1. The first kappa shape index (κ1) is 22.1. The molecule has 0 spiro atoms. The van der Waals surface area contributed by atoms with E-state index in [1.807, 2.05) is 29.9 Å². The van der Waals surface area contributed by atoms with Crippen LogP contribution in [0, 0.1) is 13.8 Å². The van der Waals surface area contributed by atoms with Crippen LogP contribution in [0.3, 0.4) is 0 Å². The summed E-state index contributed by atoms with van der Waals surface area (Å²) in [5.74, 6) is 2.12. The molecular formula is C20H30IN5S. The van der Waals surface area contributed by atoms with Crippen molar-refractivity contribution in [2.45, 2.75) is 44.9 Å². The first-order valence-corrected chi connectivity index (χ1v) is 10.2. The zero-order chi connectivity index (χ0) is 18.6. The quantitative estimate of drug-likeness (QED) is 0.370. The molecule has 1 saturated heterocycles. The van der Waals surface area contributed by atoms with Crippen molar-refractivity contribution >= 4 is 41.7 Å². The molecule has 5 nitrogen and oxygen atoms in total. The fraction of sp³-hybridized carbons (Fsp3) is 0.500. The molecule has 7 heteroatoms. The van der Waals surface area contributed by atoms with Crippen molar-refractivity contribution in [2.24, 2.45) is 4.99 Å². The molecule has 3 rings (SSSR count). The van der Waals surface area contributed by atoms with Gasteiger partial charge in [0.2, 0.25) is 0 Å². The van der Waals surface area contributed by atoms with Crippen LogP contribution >= 0.6 is 35.7 Å². The standard InChI is InChI=1S/C20H29N5S.HI/c1-15-18(16(2)25(24-15)17-9-6-5-7-10-17)13-22-19(21-4)23-14-20(3)11-8-12-26-20;/h5-7,9-10H,8,11-14H2,1-4H3,(H2,21,22,23);1H. The van der Waals surface area contributed by atoms with E-state index in [1.165, 1.54) is 24.2 Å². The fourth-order valence-corrected chi connectivity index (χ4v) is 4.64. The van der Waals surface area contributed by atoms with Crippen molar-refractivity contribution in [3.8, 4) is 5.69 Å². The Morgan fingerprint density at radius 2 is 2.00 bits per heavy atom. The van der Waals surface area contributed by atoms with Crippen molar-refractivity contribution in [3.05, 3.63) is 47.3 Å². The zero-order valence-electron chi connectivity index (χ0n) is 16.6. The third-order valence-electron chi connectivity index (χ3n) is 5.03. The van der Waals surface area contributed by atoms with Crippen LogP contribution in [0.5, 0.6) is 0 Å². The minimum Gasteiger partial charge on any atom is -0.355 e. The summed E-state index contributed by atoms with van der Waals surface area (Å²) < 4.78 is 2.33. The molecular weight excluding hydrogens is 469 g/mol. The lowest BCUT2D eigenvalue weighted by atomic mass is 10.1. The van der Waals surface area contributed by atoms with E-state index in [0.29, 0.717) is 11.3 Å².